The Bertz CT molecular complexity index is 403. The Labute approximate surface area is 115 Å². The van der Waals surface area contributed by atoms with Crippen molar-refractivity contribution in [3.8, 4) is 5.75 Å². The minimum atomic E-state index is -0.740. The molecule has 1 aliphatic rings. The maximum Gasteiger partial charge on any atom is 0.298 e. The predicted octanol–water partition coefficient (Wildman–Crippen LogP) is 2.02. The summed E-state index contributed by atoms with van der Waals surface area (Å²) in [6, 6.07) is 3.11. The summed E-state index contributed by atoms with van der Waals surface area (Å²) in [6.45, 7) is 2.18. The Morgan fingerprint density at radius 3 is 2.78 bits per heavy atom. The van der Waals surface area contributed by atoms with E-state index in [4.69, 9.17) is 0 Å². The van der Waals surface area contributed by atoms with E-state index >= 15 is 0 Å². The molecule has 1 aromatic rings. The average Bonchev–Trinajstić information content (AvgIpc) is 2.34. The number of nitrogens with one attached hydrogen (secondary N) is 1. The number of hydrogen-bond acceptors (Lipinski definition) is 5. The lowest BCUT2D eigenvalue weighted by Gasteiger charge is -2.21. The van der Waals surface area contributed by atoms with Gasteiger partial charge in [-0.15, -0.1) is 24.2 Å². The fourth-order valence-electron chi connectivity index (χ4n) is 1.69. The van der Waals surface area contributed by atoms with Gasteiger partial charge in [0.1, 0.15) is 0 Å². The van der Waals surface area contributed by atoms with E-state index in [0.717, 1.165) is 25.9 Å². The molecule has 1 N–H and O–H groups in total. The third kappa shape index (κ3) is 4.12. The van der Waals surface area contributed by atoms with Gasteiger partial charge in [0.25, 0.3) is 12.4 Å². The summed E-state index contributed by atoms with van der Waals surface area (Å²) in [5.41, 5.74) is 0. The normalized spacial score (nSPS) is 15.8. The number of halogens is 2. The molecule has 0 spiro atoms. The van der Waals surface area contributed by atoms with Gasteiger partial charge in [-0.05, 0) is 38.1 Å². The van der Waals surface area contributed by atoms with E-state index in [0.29, 0.717) is 10.3 Å². The molecule has 1 saturated heterocycles. The molecule has 2 rings (SSSR count). The number of rotatable bonds is 4. The maximum atomic E-state index is 13.4. The van der Waals surface area contributed by atoms with Crippen molar-refractivity contribution in [1.29, 1.82) is 0 Å². The fraction of sp³-hybridized carbons (Fsp3) is 0.455. The summed E-state index contributed by atoms with van der Waals surface area (Å²) in [6.07, 6.45) is 2.11. The number of thioether (sulfide) groups is 1. The van der Waals surface area contributed by atoms with Crippen molar-refractivity contribution in [2.45, 2.75) is 23.1 Å². The Morgan fingerprint density at radius 1 is 1.44 bits per heavy atom. The van der Waals surface area contributed by atoms with Crippen LogP contribution in [-0.2, 0) is 4.79 Å². The molecule has 0 saturated carbocycles. The van der Waals surface area contributed by atoms with Crippen LogP contribution in [0, 0.1) is 5.95 Å². The van der Waals surface area contributed by atoms with E-state index in [-0.39, 0.29) is 24.6 Å². The summed E-state index contributed by atoms with van der Waals surface area (Å²) in [7, 11) is 0. The highest BCUT2D eigenvalue weighted by molar-refractivity contribution is 7.99. The first-order valence-electron chi connectivity index (χ1n) is 5.44. The van der Waals surface area contributed by atoms with Gasteiger partial charge >= 0.3 is 0 Å². The van der Waals surface area contributed by atoms with Gasteiger partial charge in [0.15, 0.2) is 5.75 Å². The van der Waals surface area contributed by atoms with Gasteiger partial charge in [-0.3, -0.25) is 4.79 Å². The predicted molar refractivity (Wildman–Crippen MR) is 69.9 cm³/mol. The average molecular weight is 293 g/mol. The minimum Gasteiger partial charge on any atom is -0.424 e. The topological polar surface area (TPSA) is 51.2 Å². The van der Waals surface area contributed by atoms with Gasteiger partial charge in [-0.2, -0.15) is 4.39 Å². The van der Waals surface area contributed by atoms with Crippen molar-refractivity contribution in [2.75, 3.05) is 13.1 Å². The monoisotopic (exact) mass is 292 g/mol. The molecule has 0 radical (unpaired) electrons. The van der Waals surface area contributed by atoms with Crippen LogP contribution in [0.25, 0.3) is 0 Å². The molecule has 7 heteroatoms. The second-order valence-electron chi connectivity index (χ2n) is 3.72. The molecule has 0 unspecified atom stereocenters. The van der Waals surface area contributed by atoms with Crippen molar-refractivity contribution in [3.05, 3.63) is 18.1 Å². The third-order valence-corrected chi connectivity index (χ3v) is 3.81. The number of carbonyl (C=O) groups excluding carboxylic acids is 1. The highest BCUT2D eigenvalue weighted by Crippen LogP contribution is 2.28. The minimum absolute atomic E-state index is 0. The summed E-state index contributed by atoms with van der Waals surface area (Å²) >= 11 is 1.57. The molecule has 18 heavy (non-hydrogen) atoms. The van der Waals surface area contributed by atoms with Gasteiger partial charge in [0.2, 0.25) is 0 Å². The summed E-state index contributed by atoms with van der Waals surface area (Å²) in [4.78, 5) is 13.9. The van der Waals surface area contributed by atoms with E-state index in [1.54, 1.807) is 17.8 Å². The molecule has 4 nitrogen and oxygen atoms in total. The van der Waals surface area contributed by atoms with Gasteiger partial charge in [-0.1, -0.05) is 0 Å². The highest BCUT2D eigenvalue weighted by Gasteiger charge is 2.16. The van der Waals surface area contributed by atoms with Crippen LogP contribution < -0.4 is 10.1 Å². The van der Waals surface area contributed by atoms with Gasteiger partial charge in [0.05, 0.1) is 5.03 Å². The number of hydrogen-bond donors (Lipinski definition) is 1. The quantitative estimate of drug-likeness (QED) is 0.680. The van der Waals surface area contributed by atoms with E-state index in [1.807, 2.05) is 0 Å². The number of pyridine rings is 1. The van der Waals surface area contributed by atoms with Crippen molar-refractivity contribution in [1.82, 2.24) is 10.3 Å². The van der Waals surface area contributed by atoms with Gasteiger partial charge < -0.3 is 10.1 Å². The summed E-state index contributed by atoms with van der Waals surface area (Å²) < 4.78 is 17.8. The molecule has 0 aromatic carbocycles. The molecule has 1 aromatic heterocycles. The second-order valence-corrected chi connectivity index (χ2v) is 5.04. The molecular weight excluding hydrogens is 279 g/mol. The van der Waals surface area contributed by atoms with Crippen LogP contribution in [0.2, 0.25) is 0 Å². The van der Waals surface area contributed by atoms with Crippen molar-refractivity contribution < 1.29 is 13.9 Å². The Morgan fingerprint density at radius 2 is 2.17 bits per heavy atom. The van der Waals surface area contributed by atoms with E-state index < -0.39 is 5.95 Å². The summed E-state index contributed by atoms with van der Waals surface area (Å²) in [5, 5.41) is 4.38. The van der Waals surface area contributed by atoms with Crippen LogP contribution in [0.3, 0.4) is 0 Å². The third-order valence-electron chi connectivity index (χ3n) is 2.54. The lowest BCUT2D eigenvalue weighted by atomic mass is 10.2. The van der Waals surface area contributed by atoms with Crippen LogP contribution in [-0.4, -0.2) is 29.8 Å². The standard InChI is InChI=1S/C11H13FN2O2S.ClH/c12-11-9(16-7-15)1-2-10(14-11)17-8-3-5-13-6-4-8;/h1-2,7-8,13H,3-6H2;1H. The number of aromatic nitrogens is 1. The number of piperidine rings is 1. The van der Waals surface area contributed by atoms with Crippen molar-refractivity contribution in [2.24, 2.45) is 0 Å². The van der Waals surface area contributed by atoms with Crippen LogP contribution in [0.15, 0.2) is 17.2 Å². The molecule has 1 aliphatic heterocycles. The lowest BCUT2D eigenvalue weighted by molar-refractivity contribution is -0.120. The van der Waals surface area contributed by atoms with Crippen LogP contribution in [0.4, 0.5) is 4.39 Å². The zero-order valence-electron chi connectivity index (χ0n) is 9.60. The van der Waals surface area contributed by atoms with Gasteiger partial charge in [-0.25, -0.2) is 4.98 Å². The SMILES string of the molecule is Cl.O=COc1ccc(SC2CCNCC2)nc1F. The summed E-state index contributed by atoms with van der Waals surface area (Å²) in [5.74, 6) is -0.870. The molecule has 0 amide bonds. The fourth-order valence-corrected chi connectivity index (χ4v) is 2.79. The van der Waals surface area contributed by atoms with Crippen LogP contribution >= 0.6 is 24.2 Å². The second kappa shape index (κ2) is 7.56. The first kappa shape index (κ1) is 15.2. The first-order chi connectivity index (χ1) is 8.29. The van der Waals surface area contributed by atoms with Crippen LogP contribution in [0.5, 0.6) is 5.75 Å². The molecule has 0 aliphatic carbocycles. The molecule has 2 heterocycles. The number of carbonyl (C=O) groups is 1. The zero-order chi connectivity index (χ0) is 12.1. The molecule has 0 atom stereocenters. The molecule has 100 valence electrons. The van der Waals surface area contributed by atoms with Gasteiger partial charge in [0, 0.05) is 5.25 Å². The largest absolute Gasteiger partial charge is 0.424 e. The Kier molecular flexibility index (Phi) is 6.38. The molecule has 1 fully saturated rings. The first-order valence-corrected chi connectivity index (χ1v) is 6.32. The number of ether oxygens (including phenoxy) is 1. The van der Waals surface area contributed by atoms with E-state index in [2.05, 4.69) is 15.0 Å². The molecular formula is C11H14ClFN2O2S. The Balaban J connectivity index is 0.00000162. The van der Waals surface area contributed by atoms with E-state index in [9.17, 15) is 9.18 Å². The molecule has 0 bridgehead atoms. The van der Waals surface area contributed by atoms with E-state index in [1.165, 1.54) is 6.07 Å². The highest BCUT2D eigenvalue weighted by atomic mass is 35.5. The Hall–Kier alpha value is -0.850. The smallest absolute Gasteiger partial charge is 0.298 e. The zero-order valence-corrected chi connectivity index (χ0v) is 11.2. The van der Waals surface area contributed by atoms with Crippen molar-refractivity contribution in [3.63, 3.8) is 0 Å². The van der Waals surface area contributed by atoms with Crippen molar-refractivity contribution >= 4 is 30.6 Å². The lowest BCUT2D eigenvalue weighted by Crippen LogP contribution is -2.29. The van der Waals surface area contributed by atoms with Crippen LogP contribution in [0.1, 0.15) is 12.8 Å². The maximum absolute atomic E-state index is 13.4. The number of nitrogens with zero attached hydrogens (tertiary/aromatic N) is 1.